The van der Waals surface area contributed by atoms with Crippen LogP contribution in [0.3, 0.4) is 0 Å². The first-order chi connectivity index (χ1) is 10.1. The number of aromatic nitrogens is 1. The zero-order valence-corrected chi connectivity index (χ0v) is 12.4. The molecule has 0 bridgehead atoms. The lowest BCUT2D eigenvalue weighted by atomic mass is 9.96. The molecule has 0 saturated heterocycles. The van der Waals surface area contributed by atoms with E-state index in [9.17, 15) is 0 Å². The number of halogens is 1. The predicted molar refractivity (Wildman–Crippen MR) is 84.6 cm³/mol. The molecule has 0 radical (unpaired) electrons. The van der Waals surface area contributed by atoms with Gasteiger partial charge in [0.2, 0.25) is 5.89 Å². The molecule has 4 rings (SSSR count). The lowest BCUT2D eigenvalue weighted by molar-refractivity contribution is 0.490. The Hall–Kier alpha value is -2.00. The summed E-state index contributed by atoms with van der Waals surface area (Å²) >= 11 is 6.10. The van der Waals surface area contributed by atoms with Gasteiger partial charge in [-0.1, -0.05) is 23.7 Å². The van der Waals surface area contributed by atoms with Crippen molar-refractivity contribution in [3.63, 3.8) is 0 Å². The van der Waals surface area contributed by atoms with Crippen LogP contribution in [0, 0.1) is 6.92 Å². The van der Waals surface area contributed by atoms with Crippen LogP contribution in [0.1, 0.15) is 29.9 Å². The molecular formula is C17H15ClN2O. The van der Waals surface area contributed by atoms with Gasteiger partial charge in [-0.2, -0.15) is 0 Å². The molecule has 0 aliphatic heterocycles. The predicted octanol–water partition coefficient (Wildman–Crippen LogP) is 4.45. The van der Waals surface area contributed by atoms with E-state index in [-0.39, 0.29) is 5.41 Å². The van der Waals surface area contributed by atoms with Crippen LogP contribution in [-0.2, 0) is 5.41 Å². The summed E-state index contributed by atoms with van der Waals surface area (Å²) < 4.78 is 6.06. The maximum Gasteiger partial charge on any atom is 0.206 e. The molecule has 1 aromatic heterocycles. The highest BCUT2D eigenvalue weighted by Gasteiger charge is 2.50. The van der Waals surface area contributed by atoms with Crippen LogP contribution in [0.2, 0.25) is 5.02 Å². The SMILES string of the molecule is Cc1cc(Cl)cc2nc(C3(c4ccc(N)cc4)CC3)oc12. The van der Waals surface area contributed by atoms with Crippen LogP contribution in [0.15, 0.2) is 40.8 Å². The fourth-order valence-electron chi connectivity index (χ4n) is 2.91. The van der Waals surface area contributed by atoms with Crippen molar-refractivity contribution in [3.8, 4) is 0 Å². The van der Waals surface area contributed by atoms with Crippen LogP contribution in [-0.4, -0.2) is 4.98 Å². The van der Waals surface area contributed by atoms with Gasteiger partial charge in [0.25, 0.3) is 0 Å². The average Bonchev–Trinajstić information content (AvgIpc) is 3.13. The van der Waals surface area contributed by atoms with Crippen LogP contribution in [0.25, 0.3) is 11.1 Å². The van der Waals surface area contributed by atoms with Crippen molar-refractivity contribution in [2.75, 3.05) is 5.73 Å². The van der Waals surface area contributed by atoms with Crippen LogP contribution < -0.4 is 5.73 Å². The van der Waals surface area contributed by atoms with Gasteiger partial charge < -0.3 is 10.2 Å². The van der Waals surface area contributed by atoms with E-state index in [2.05, 4.69) is 17.1 Å². The van der Waals surface area contributed by atoms with Crippen LogP contribution in [0.5, 0.6) is 0 Å². The summed E-state index contributed by atoms with van der Waals surface area (Å²) in [5.41, 5.74) is 10.3. The summed E-state index contributed by atoms with van der Waals surface area (Å²) in [6.45, 7) is 1.99. The van der Waals surface area contributed by atoms with Gasteiger partial charge in [0.05, 0.1) is 5.41 Å². The van der Waals surface area contributed by atoms with E-state index in [1.807, 2.05) is 31.2 Å². The first kappa shape index (κ1) is 12.7. The number of oxazole rings is 1. The van der Waals surface area contributed by atoms with Crippen molar-refractivity contribution in [1.82, 2.24) is 4.98 Å². The van der Waals surface area contributed by atoms with E-state index < -0.39 is 0 Å². The topological polar surface area (TPSA) is 52.0 Å². The van der Waals surface area contributed by atoms with Gasteiger partial charge in [0, 0.05) is 10.7 Å². The van der Waals surface area contributed by atoms with Crippen molar-refractivity contribution < 1.29 is 4.42 Å². The minimum atomic E-state index is -0.0916. The minimum Gasteiger partial charge on any atom is -0.439 e. The molecule has 21 heavy (non-hydrogen) atoms. The third-order valence-corrected chi connectivity index (χ3v) is 4.48. The van der Waals surface area contributed by atoms with E-state index in [4.69, 9.17) is 21.8 Å². The van der Waals surface area contributed by atoms with Gasteiger partial charge in [-0.3, -0.25) is 0 Å². The molecule has 2 aromatic carbocycles. The van der Waals surface area contributed by atoms with E-state index in [1.54, 1.807) is 0 Å². The van der Waals surface area contributed by atoms with Crippen molar-refractivity contribution in [1.29, 1.82) is 0 Å². The van der Waals surface area contributed by atoms with Crippen LogP contribution in [0.4, 0.5) is 5.69 Å². The van der Waals surface area contributed by atoms with Gasteiger partial charge in [-0.25, -0.2) is 4.98 Å². The molecule has 2 N–H and O–H groups in total. The smallest absolute Gasteiger partial charge is 0.206 e. The third kappa shape index (κ3) is 1.92. The maximum absolute atomic E-state index is 6.10. The van der Waals surface area contributed by atoms with Gasteiger partial charge in [-0.15, -0.1) is 0 Å². The van der Waals surface area contributed by atoms with Crippen molar-refractivity contribution >= 4 is 28.4 Å². The van der Waals surface area contributed by atoms with Gasteiger partial charge in [0.1, 0.15) is 5.52 Å². The van der Waals surface area contributed by atoms with Crippen LogP contribution >= 0.6 is 11.6 Å². The van der Waals surface area contributed by atoms with Crippen molar-refractivity contribution in [2.24, 2.45) is 0 Å². The second kappa shape index (κ2) is 4.25. The molecular weight excluding hydrogens is 284 g/mol. The quantitative estimate of drug-likeness (QED) is 0.711. The first-order valence-electron chi connectivity index (χ1n) is 7.02. The Morgan fingerprint density at radius 3 is 2.57 bits per heavy atom. The second-order valence-electron chi connectivity index (χ2n) is 5.79. The van der Waals surface area contributed by atoms with E-state index in [1.165, 1.54) is 5.56 Å². The summed E-state index contributed by atoms with van der Waals surface area (Å²) in [6, 6.07) is 11.8. The Morgan fingerprint density at radius 2 is 1.90 bits per heavy atom. The second-order valence-corrected chi connectivity index (χ2v) is 6.23. The Bertz CT molecular complexity index is 832. The Labute approximate surface area is 127 Å². The molecule has 3 nitrogen and oxygen atoms in total. The molecule has 1 aliphatic rings. The third-order valence-electron chi connectivity index (χ3n) is 4.26. The summed E-state index contributed by atoms with van der Waals surface area (Å²) in [7, 11) is 0. The molecule has 0 amide bonds. The molecule has 1 saturated carbocycles. The first-order valence-corrected chi connectivity index (χ1v) is 7.39. The highest BCUT2D eigenvalue weighted by Crippen LogP contribution is 2.53. The number of nitrogens with zero attached hydrogens (tertiary/aromatic N) is 1. The summed E-state index contributed by atoms with van der Waals surface area (Å²) in [5.74, 6) is 0.785. The number of benzene rings is 2. The highest BCUT2D eigenvalue weighted by molar-refractivity contribution is 6.31. The maximum atomic E-state index is 6.10. The number of aryl methyl sites for hydroxylation is 1. The molecule has 0 atom stereocenters. The van der Waals surface area contributed by atoms with E-state index >= 15 is 0 Å². The van der Waals surface area contributed by atoms with E-state index in [0.717, 1.165) is 41.1 Å². The number of nitrogen functional groups attached to an aromatic ring is 1. The molecule has 0 spiro atoms. The number of hydrogen-bond donors (Lipinski definition) is 1. The zero-order valence-electron chi connectivity index (χ0n) is 11.7. The molecule has 4 heteroatoms. The van der Waals surface area contributed by atoms with Gasteiger partial charge in [-0.05, 0) is 55.2 Å². The number of fused-ring (bicyclic) bond motifs is 1. The van der Waals surface area contributed by atoms with Gasteiger partial charge >= 0.3 is 0 Å². The van der Waals surface area contributed by atoms with E-state index in [0.29, 0.717) is 5.02 Å². The van der Waals surface area contributed by atoms with Gasteiger partial charge in [0.15, 0.2) is 5.58 Å². The largest absolute Gasteiger partial charge is 0.439 e. The summed E-state index contributed by atoms with van der Waals surface area (Å²) in [6.07, 6.45) is 2.10. The number of anilines is 1. The molecule has 1 heterocycles. The Morgan fingerprint density at radius 1 is 1.19 bits per heavy atom. The van der Waals surface area contributed by atoms with Crippen molar-refractivity contribution in [2.45, 2.75) is 25.2 Å². The number of nitrogens with two attached hydrogens (primary N) is 1. The molecule has 3 aromatic rings. The Kier molecular flexibility index (Phi) is 2.57. The zero-order chi connectivity index (χ0) is 14.6. The lowest BCUT2D eigenvalue weighted by Gasteiger charge is -2.11. The molecule has 1 aliphatic carbocycles. The number of hydrogen-bond acceptors (Lipinski definition) is 3. The summed E-state index contributed by atoms with van der Waals surface area (Å²) in [5, 5.41) is 0.692. The fraction of sp³-hybridized carbons (Fsp3) is 0.235. The monoisotopic (exact) mass is 298 g/mol. The average molecular weight is 299 g/mol. The van der Waals surface area contributed by atoms with Crippen molar-refractivity contribution in [3.05, 3.63) is 58.4 Å². The fourth-order valence-corrected chi connectivity index (χ4v) is 3.18. The summed E-state index contributed by atoms with van der Waals surface area (Å²) in [4.78, 5) is 4.69. The molecule has 1 fully saturated rings. The lowest BCUT2D eigenvalue weighted by Crippen LogP contribution is -2.08. The molecule has 106 valence electrons. The highest BCUT2D eigenvalue weighted by atomic mass is 35.5. The number of rotatable bonds is 2. The molecule has 0 unspecified atom stereocenters. The minimum absolute atomic E-state index is 0.0916. The normalized spacial score (nSPS) is 16.3. The standard InChI is InChI=1S/C17H15ClN2O/c1-10-8-12(18)9-14-15(10)21-16(20-14)17(6-7-17)11-2-4-13(19)5-3-11/h2-5,8-9H,6-7,19H2,1H3. The Balaban J connectivity index is 1.86.